The fraction of sp³-hybridized carbons (Fsp3) is 0. The lowest BCUT2D eigenvalue weighted by Gasteiger charge is -1.87. The minimum absolute atomic E-state index is 0.565. The summed E-state index contributed by atoms with van der Waals surface area (Å²) in [6.45, 7) is 0. The van der Waals surface area contributed by atoms with E-state index in [4.69, 9.17) is 0 Å². The predicted molar refractivity (Wildman–Crippen MR) is 36.2 cm³/mol. The zero-order chi connectivity index (χ0) is 6.97. The van der Waals surface area contributed by atoms with Crippen molar-refractivity contribution >= 4 is 10.9 Å². The summed E-state index contributed by atoms with van der Waals surface area (Å²) in [7, 11) is 0. The minimum Gasteiger partial charge on any atom is -0.264 e. The zero-order valence-corrected chi connectivity index (χ0v) is 5.16. The fourth-order valence-electron chi connectivity index (χ4n) is 0.948. The van der Waals surface area contributed by atoms with Crippen LogP contribution in [0.3, 0.4) is 0 Å². The Labute approximate surface area is 56.9 Å². The van der Waals surface area contributed by atoms with Crippen LogP contribution in [0.5, 0.6) is 0 Å². The highest BCUT2D eigenvalue weighted by atomic mass is 19.2. The molecule has 0 saturated heterocycles. The van der Waals surface area contributed by atoms with Gasteiger partial charge in [-0.15, -0.1) is 0 Å². The van der Waals surface area contributed by atoms with Crippen molar-refractivity contribution < 1.29 is 4.48 Å². The summed E-state index contributed by atoms with van der Waals surface area (Å²) in [5.41, 5.74) is 0.565. The van der Waals surface area contributed by atoms with E-state index in [1.165, 1.54) is 6.20 Å². The molecule has 0 aromatic carbocycles. The average molecular weight is 136 g/mol. The molecule has 3 heteroatoms. The Bertz CT molecular complexity index is 353. The van der Waals surface area contributed by atoms with Crippen LogP contribution in [-0.4, -0.2) is 9.77 Å². The van der Waals surface area contributed by atoms with E-state index in [-0.39, 0.29) is 0 Å². The first-order valence-electron chi connectivity index (χ1n) is 2.95. The first-order valence-corrected chi connectivity index (χ1v) is 2.95. The molecule has 0 fully saturated rings. The van der Waals surface area contributed by atoms with Gasteiger partial charge in [0, 0.05) is 24.0 Å². The van der Waals surface area contributed by atoms with Gasteiger partial charge in [-0.05, 0) is 12.1 Å². The van der Waals surface area contributed by atoms with Crippen molar-refractivity contribution in [1.82, 2.24) is 9.77 Å². The average Bonchev–Trinajstić information content (AvgIpc) is 2.34. The molecule has 2 aromatic heterocycles. The Morgan fingerprint density at radius 3 is 3.10 bits per heavy atom. The first kappa shape index (κ1) is 5.41. The van der Waals surface area contributed by atoms with Gasteiger partial charge in [-0.25, -0.2) is 0 Å². The van der Waals surface area contributed by atoms with E-state index in [0.717, 1.165) is 5.39 Å². The Balaban J connectivity index is 2.93. The Morgan fingerprint density at radius 2 is 2.30 bits per heavy atom. The molecule has 0 aliphatic carbocycles. The number of halogens is 1. The second-order valence-corrected chi connectivity index (χ2v) is 2.06. The summed E-state index contributed by atoms with van der Waals surface area (Å²) in [5, 5.41) is 0.824. The van der Waals surface area contributed by atoms with Crippen molar-refractivity contribution in [3.8, 4) is 0 Å². The maximum Gasteiger partial charge on any atom is 0.0843 e. The summed E-state index contributed by atoms with van der Waals surface area (Å²) in [6, 6.07) is 3.32. The topological polar surface area (TPSA) is 17.8 Å². The van der Waals surface area contributed by atoms with E-state index < -0.39 is 0 Å². The number of nitrogens with zero attached hydrogens (tertiary/aromatic N) is 2. The maximum absolute atomic E-state index is 12.6. The van der Waals surface area contributed by atoms with Gasteiger partial charge in [-0.3, -0.25) is 4.98 Å². The molecule has 0 bridgehead atoms. The highest BCUT2D eigenvalue weighted by molar-refractivity contribution is 5.78. The van der Waals surface area contributed by atoms with E-state index >= 15 is 0 Å². The largest absolute Gasteiger partial charge is 0.264 e. The van der Waals surface area contributed by atoms with E-state index in [9.17, 15) is 4.48 Å². The minimum atomic E-state index is 0.565. The third-order valence-corrected chi connectivity index (χ3v) is 1.44. The lowest BCUT2D eigenvalue weighted by Crippen LogP contribution is -1.76. The van der Waals surface area contributed by atoms with Crippen LogP contribution in [0.1, 0.15) is 0 Å². The number of rotatable bonds is 0. The summed E-state index contributed by atoms with van der Waals surface area (Å²) in [4.78, 5) is 4.43. The van der Waals surface area contributed by atoms with Crippen LogP contribution in [0.2, 0.25) is 0 Å². The summed E-state index contributed by atoms with van der Waals surface area (Å²) >= 11 is 0. The molecule has 0 N–H and O–H groups in total. The van der Waals surface area contributed by atoms with Crippen LogP contribution in [0.25, 0.3) is 10.9 Å². The third kappa shape index (κ3) is 0.603. The quantitative estimate of drug-likeness (QED) is 0.539. The van der Waals surface area contributed by atoms with Gasteiger partial charge in [-0.1, -0.05) is 4.48 Å². The SMILES string of the molecule is Fn1ccc2cnccc21. The van der Waals surface area contributed by atoms with Crippen molar-refractivity contribution in [2.24, 2.45) is 0 Å². The molecule has 0 spiro atoms. The smallest absolute Gasteiger partial charge is 0.0843 e. The normalized spacial score (nSPS) is 10.5. The molecular formula is C7H5FN2. The van der Waals surface area contributed by atoms with Crippen molar-refractivity contribution in [3.05, 3.63) is 30.7 Å². The maximum atomic E-state index is 12.6. The summed E-state index contributed by atoms with van der Waals surface area (Å²) < 4.78 is 12.6. The molecule has 0 aliphatic heterocycles. The fourth-order valence-corrected chi connectivity index (χ4v) is 0.948. The molecule has 0 unspecified atom stereocenters. The monoisotopic (exact) mass is 136 g/mol. The van der Waals surface area contributed by atoms with Crippen molar-refractivity contribution in [1.29, 1.82) is 0 Å². The second-order valence-electron chi connectivity index (χ2n) is 2.06. The molecule has 0 amide bonds. The Hall–Kier alpha value is -1.38. The van der Waals surface area contributed by atoms with E-state index in [0.29, 0.717) is 10.3 Å². The van der Waals surface area contributed by atoms with E-state index in [1.54, 1.807) is 24.5 Å². The second kappa shape index (κ2) is 1.80. The summed E-state index contributed by atoms with van der Waals surface area (Å²) in [5.74, 6) is 0. The van der Waals surface area contributed by atoms with Crippen LogP contribution >= 0.6 is 0 Å². The molecule has 2 rings (SSSR count). The van der Waals surface area contributed by atoms with Gasteiger partial charge in [0.1, 0.15) is 0 Å². The number of fused-ring (bicyclic) bond motifs is 1. The molecule has 0 atom stereocenters. The van der Waals surface area contributed by atoms with Crippen LogP contribution < -0.4 is 0 Å². The van der Waals surface area contributed by atoms with Crippen molar-refractivity contribution in [2.45, 2.75) is 0 Å². The van der Waals surface area contributed by atoms with Gasteiger partial charge in [0.05, 0.1) is 5.52 Å². The standard InChI is InChI=1S/C7H5FN2/c8-10-4-2-6-5-9-3-1-7(6)10/h1-5H. The lowest BCUT2D eigenvalue weighted by molar-refractivity contribution is 0.388. The van der Waals surface area contributed by atoms with Crippen molar-refractivity contribution in [3.63, 3.8) is 0 Å². The number of hydrogen-bond acceptors (Lipinski definition) is 1. The van der Waals surface area contributed by atoms with Gasteiger partial charge in [0.25, 0.3) is 0 Å². The molecule has 0 radical (unpaired) electrons. The number of aromatic nitrogens is 2. The van der Waals surface area contributed by atoms with Crippen LogP contribution in [0, 0.1) is 0 Å². The van der Waals surface area contributed by atoms with Gasteiger partial charge in [0.2, 0.25) is 0 Å². The highest BCUT2D eigenvalue weighted by Gasteiger charge is 1.96. The molecule has 10 heavy (non-hydrogen) atoms. The predicted octanol–water partition coefficient (Wildman–Crippen LogP) is 1.77. The van der Waals surface area contributed by atoms with E-state index in [2.05, 4.69) is 4.98 Å². The number of pyridine rings is 1. The lowest BCUT2D eigenvalue weighted by atomic mass is 10.3. The molecule has 2 nitrogen and oxygen atoms in total. The Kier molecular flexibility index (Phi) is 0.974. The van der Waals surface area contributed by atoms with Crippen molar-refractivity contribution in [2.75, 3.05) is 0 Å². The Morgan fingerprint density at radius 1 is 1.40 bits per heavy atom. The number of hydrogen-bond donors (Lipinski definition) is 0. The third-order valence-electron chi connectivity index (χ3n) is 1.44. The van der Waals surface area contributed by atoms with E-state index in [1.807, 2.05) is 0 Å². The molecule has 2 aromatic rings. The van der Waals surface area contributed by atoms with Crippen LogP contribution in [0.4, 0.5) is 4.48 Å². The molecular weight excluding hydrogens is 131 g/mol. The first-order chi connectivity index (χ1) is 4.88. The van der Waals surface area contributed by atoms with Gasteiger partial charge in [-0.2, -0.15) is 4.79 Å². The highest BCUT2D eigenvalue weighted by Crippen LogP contribution is 2.12. The molecule has 2 heterocycles. The zero-order valence-electron chi connectivity index (χ0n) is 5.16. The van der Waals surface area contributed by atoms with Crippen LogP contribution in [0.15, 0.2) is 30.7 Å². The van der Waals surface area contributed by atoms with Gasteiger partial charge < -0.3 is 0 Å². The molecule has 0 aliphatic rings. The molecule has 0 saturated carbocycles. The summed E-state index contributed by atoms with van der Waals surface area (Å²) in [6.07, 6.45) is 4.57. The van der Waals surface area contributed by atoms with Gasteiger partial charge >= 0.3 is 0 Å². The van der Waals surface area contributed by atoms with Gasteiger partial charge in [0.15, 0.2) is 0 Å². The molecule has 50 valence electrons. The van der Waals surface area contributed by atoms with Crippen LogP contribution in [-0.2, 0) is 0 Å².